The lowest BCUT2D eigenvalue weighted by Gasteiger charge is -2.11. The Morgan fingerprint density at radius 3 is 2.56 bits per heavy atom. The standard InChI is InChI=1S/C12H17N5O/c1-5-9-8(3)14-12(16(4)11(9)18)17-10(13)6-7(2)15-17/h6H,5,13H2,1-4H3. The lowest BCUT2D eigenvalue weighted by Crippen LogP contribution is -2.28. The van der Waals surface area contributed by atoms with Gasteiger partial charge in [0.15, 0.2) is 0 Å². The van der Waals surface area contributed by atoms with Gasteiger partial charge < -0.3 is 5.73 Å². The SMILES string of the molecule is CCc1c(C)nc(-n2nc(C)cc2N)n(C)c1=O. The molecule has 2 aromatic heterocycles. The number of aryl methyl sites for hydroxylation is 2. The van der Waals surface area contributed by atoms with Gasteiger partial charge in [-0.2, -0.15) is 9.78 Å². The fraction of sp³-hybridized carbons (Fsp3) is 0.417. The third-order valence-corrected chi connectivity index (χ3v) is 2.97. The van der Waals surface area contributed by atoms with Crippen molar-refractivity contribution in [2.24, 2.45) is 7.05 Å². The van der Waals surface area contributed by atoms with E-state index in [1.54, 1.807) is 13.1 Å². The largest absolute Gasteiger partial charge is 0.383 e. The summed E-state index contributed by atoms with van der Waals surface area (Å²) in [5.41, 5.74) is 8.05. The molecule has 18 heavy (non-hydrogen) atoms. The molecule has 2 N–H and O–H groups in total. The molecule has 0 radical (unpaired) electrons. The average molecular weight is 247 g/mol. The molecule has 0 unspecified atom stereocenters. The van der Waals surface area contributed by atoms with Gasteiger partial charge in [-0.3, -0.25) is 9.36 Å². The highest BCUT2D eigenvalue weighted by atomic mass is 16.1. The summed E-state index contributed by atoms with van der Waals surface area (Å²) in [6, 6.07) is 1.75. The molecule has 0 amide bonds. The quantitative estimate of drug-likeness (QED) is 0.848. The van der Waals surface area contributed by atoms with Crippen LogP contribution >= 0.6 is 0 Å². The van der Waals surface area contributed by atoms with Crippen LogP contribution in [0.25, 0.3) is 5.95 Å². The van der Waals surface area contributed by atoms with Gasteiger partial charge in [-0.25, -0.2) is 4.98 Å². The van der Waals surface area contributed by atoms with Crippen LogP contribution in [-0.2, 0) is 13.5 Å². The Bertz CT molecular complexity index is 653. The van der Waals surface area contributed by atoms with Crippen molar-refractivity contribution >= 4 is 5.82 Å². The highest BCUT2D eigenvalue weighted by Crippen LogP contribution is 2.12. The molecule has 0 aliphatic carbocycles. The van der Waals surface area contributed by atoms with E-state index in [1.165, 1.54) is 9.25 Å². The van der Waals surface area contributed by atoms with Gasteiger partial charge >= 0.3 is 0 Å². The second kappa shape index (κ2) is 4.29. The lowest BCUT2D eigenvalue weighted by molar-refractivity contribution is 0.688. The zero-order valence-electron chi connectivity index (χ0n) is 11.1. The van der Waals surface area contributed by atoms with E-state index in [0.29, 0.717) is 18.2 Å². The number of aromatic nitrogens is 4. The van der Waals surface area contributed by atoms with Crippen LogP contribution in [0.2, 0.25) is 0 Å². The van der Waals surface area contributed by atoms with Crippen molar-refractivity contribution in [1.29, 1.82) is 0 Å². The molecule has 96 valence electrons. The van der Waals surface area contributed by atoms with Crippen LogP contribution in [0.5, 0.6) is 0 Å². The maximum absolute atomic E-state index is 12.2. The molecule has 0 aliphatic heterocycles. The van der Waals surface area contributed by atoms with Crippen LogP contribution in [0.4, 0.5) is 5.82 Å². The van der Waals surface area contributed by atoms with E-state index in [1.807, 2.05) is 20.8 Å². The Hall–Kier alpha value is -2.11. The zero-order valence-corrected chi connectivity index (χ0v) is 11.1. The molecule has 2 heterocycles. The first-order valence-electron chi connectivity index (χ1n) is 5.84. The van der Waals surface area contributed by atoms with Crippen LogP contribution < -0.4 is 11.3 Å². The maximum Gasteiger partial charge on any atom is 0.258 e. The predicted octanol–water partition coefficient (Wildman–Crippen LogP) is 0.727. The minimum Gasteiger partial charge on any atom is -0.383 e. The molecular weight excluding hydrogens is 230 g/mol. The zero-order chi connectivity index (χ0) is 13.4. The molecule has 0 saturated carbocycles. The van der Waals surface area contributed by atoms with Gasteiger partial charge in [-0.15, -0.1) is 0 Å². The molecule has 0 atom stereocenters. The van der Waals surface area contributed by atoms with Crippen molar-refractivity contribution < 1.29 is 0 Å². The van der Waals surface area contributed by atoms with E-state index in [9.17, 15) is 4.79 Å². The second-order valence-electron chi connectivity index (χ2n) is 4.32. The summed E-state index contributed by atoms with van der Waals surface area (Å²) in [5, 5.41) is 4.25. The summed E-state index contributed by atoms with van der Waals surface area (Å²) in [4.78, 5) is 16.6. The number of nitrogens with two attached hydrogens (primary N) is 1. The number of nitrogen functional groups attached to an aromatic ring is 1. The first-order chi connectivity index (χ1) is 8.45. The van der Waals surface area contributed by atoms with Gasteiger partial charge in [0.05, 0.1) is 11.4 Å². The minimum atomic E-state index is -0.0486. The topological polar surface area (TPSA) is 78.7 Å². The highest BCUT2D eigenvalue weighted by Gasteiger charge is 2.14. The monoisotopic (exact) mass is 247 g/mol. The summed E-state index contributed by atoms with van der Waals surface area (Å²) in [7, 11) is 1.68. The Morgan fingerprint density at radius 2 is 2.06 bits per heavy atom. The van der Waals surface area contributed by atoms with Crippen molar-refractivity contribution in [3.8, 4) is 5.95 Å². The third-order valence-electron chi connectivity index (χ3n) is 2.97. The van der Waals surface area contributed by atoms with Crippen LogP contribution in [-0.4, -0.2) is 19.3 Å². The number of hydrogen-bond acceptors (Lipinski definition) is 4. The van der Waals surface area contributed by atoms with Crippen LogP contribution in [0.3, 0.4) is 0 Å². The summed E-state index contributed by atoms with van der Waals surface area (Å²) in [5.74, 6) is 0.916. The van der Waals surface area contributed by atoms with Gasteiger partial charge in [0, 0.05) is 18.7 Å². The van der Waals surface area contributed by atoms with E-state index >= 15 is 0 Å². The predicted molar refractivity (Wildman–Crippen MR) is 69.9 cm³/mol. The van der Waals surface area contributed by atoms with Crippen LogP contribution in [0.1, 0.15) is 23.9 Å². The molecule has 0 bridgehead atoms. The average Bonchev–Trinajstić information content (AvgIpc) is 2.64. The number of anilines is 1. The molecule has 2 rings (SSSR count). The highest BCUT2D eigenvalue weighted by molar-refractivity contribution is 5.37. The lowest BCUT2D eigenvalue weighted by atomic mass is 10.2. The van der Waals surface area contributed by atoms with Gasteiger partial charge in [0.2, 0.25) is 5.95 Å². The van der Waals surface area contributed by atoms with E-state index in [4.69, 9.17) is 5.73 Å². The van der Waals surface area contributed by atoms with Gasteiger partial charge in [0.25, 0.3) is 5.56 Å². The van der Waals surface area contributed by atoms with E-state index in [-0.39, 0.29) is 5.56 Å². The number of nitrogens with zero attached hydrogens (tertiary/aromatic N) is 4. The van der Waals surface area contributed by atoms with Crippen molar-refractivity contribution in [3.63, 3.8) is 0 Å². The first-order valence-corrected chi connectivity index (χ1v) is 5.84. The fourth-order valence-corrected chi connectivity index (χ4v) is 2.02. The maximum atomic E-state index is 12.2. The van der Waals surface area contributed by atoms with E-state index in [0.717, 1.165) is 17.0 Å². The number of rotatable bonds is 2. The minimum absolute atomic E-state index is 0.0486. The summed E-state index contributed by atoms with van der Waals surface area (Å²) in [6.45, 7) is 5.62. The van der Waals surface area contributed by atoms with Gasteiger partial charge in [-0.05, 0) is 20.3 Å². The third kappa shape index (κ3) is 1.79. The Balaban J connectivity index is 2.74. The summed E-state index contributed by atoms with van der Waals surface area (Å²) in [6.07, 6.45) is 0.666. The van der Waals surface area contributed by atoms with Crippen LogP contribution in [0.15, 0.2) is 10.9 Å². The van der Waals surface area contributed by atoms with Crippen molar-refractivity contribution in [3.05, 3.63) is 33.4 Å². The Labute approximate surface area is 105 Å². The fourth-order valence-electron chi connectivity index (χ4n) is 2.02. The van der Waals surface area contributed by atoms with Crippen molar-refractivity contribution in [2.45, 2.75) is 27.2 Å². The Kier molecular flexibility index (Phi) is 2.94. The molecule has 2 aromatic rings. The normalized spacial score (nSPS) is 10.9. The molecule has 0 aliphatic rings. The molecule has 0 saturated heterocycles. The summed E-state index contributed by atoms with van der Waals surface area (Å²) >= 11 is 0. The first kappa shape index (κ1) is 12.3. The molecule has 0 aromatic carbocycles. The molecule has 6 nitrogen and oxygen atoms in total. The second-order valence-corrected chi connectivity index (χ2v) is 4.32. The van der Waals surface area contributed by atoms with Crippen LogP contribution in [0, 0.1) is 13.8 Å². The molecule has 6 heteroatoms. The molecular formula is C12H17N5O. The van der Waals surface area contributed by atoms with E-state index in [2.05, 4.69) is 10.1 Å². The van der Waals surface area contributed by atoms with Gasteiger partial charge in [0.1, 0.15) is 5.82 Å². The van der Waals surface area contributed by atoms with Gasteiger partial charge in [-0.1, -0.05) is 6.92 Å². The molecule has 0 spiro atoms. The molecule has 0 fully saturated rings. The Morgan fingerprint density at radius 1 is 1.39 bits per heavy atom. The number of hydrogen-bond donors (Lipinski definition) is 1. The smallest absolute Gasteiger partial charge is 0.258 e. The van der Waals surface area contributed by atoms with Crippen molar-refractivity contribution in [1.82, 2.24) is 19.3 Å². The van der Waals surface area contributed by atoms with Crippen molar-refractivity contribution in [2.75, 3.05) is 5.73 Å². The summed E-state index contributed by atoms with van der Waals surface area (Å²) < 4.78 is 2.97. The van der Waals surface area contributed by atoms with E-state index < -0.39 is 0 Å².